The van der Waals surface area contributed by atoms with E-state index in [1.165, 1.54) is 64.2 Å². The van der Waals surface area contributed by atoms with Crippen LogP contribution in [0.5, 0.6) is 0 Å². The van der Waals surface area contributed by atoms with Gasteiger partial charge in [-0.05, 0) is 31.8 Å². The molecule has 0 N–H and O–H groups in total. The number of carbonyl (C=O) groups is 1. The number of hydrogen-bond acceptors (Lipinski definition) is 2. The van der Waals surface area contributed by atoms with Crippen LogP contribution in [-0.4, -0.2) is 5.97 Å². The van der Waals surface area contributed by atoms with Crippen LogP contribution < -0.4 is 0 Å². The summed E-state index contributed by atoms with van der Waals surface area (Å²) in [5.74, 6) is 0.538. The van der Waals surface area contributed by atoms with Crippen molar-refractivity contribution >= 4 is 5.97 Å². The molecule has 24 heavy (non-hydrogen) atoms. The van der Waals surface area contributed by atoms with Crippen molar-refractivity contribution in [2.24, 2.45) is 5.92 Å². The van der Waals surface area contributed by atoms with Gasteiger partial charge in [0.25, 0.3) is 0 Å². The van der Waals surface area contributed by atoms with Gasteiger partial charge < -0.3 is 4.74 Å². The first-order chi connectivity index (χ1) is 11.8. The maximum atomic E-state index is 11.5. The van der Waals surface area contributed by atoms with Crippen molar-refractivity contribution in [3.63, 3.8) is 0 Å². The highest BCUT2D eigenvalue weighted by Gasteiger charge is 2.34. The lowest BCUT2D eigenvalue weighted by Gasteiger charge is -2.24. The lowest BCUT2D eigenvalue weighted by atomic mass is 10.00. The highest BCUT2D eigenvalue weighted by Crippen LogP contribution is 2.28. The molecule has 2 nitrogen and oxygen atoms in total. The molecule has 1 rings (SSSR count). The average Bonchev–Trinajstić information content (AvgIpc) is 2.58. The van der Waals surface area contributed by atoms with Gasteiger partial charge in [0.2, 0.25) is 0 Å². The Hall–Kier alpha value is -1.31. The minimum atomic E-state index is -0.144. The first-order valence-electron chi connectivity index (χ1n) is 10.0. The number of hydrogen-bond donors (Lipinski definition) is 0. The monoisotopic (exact) mass is 332 g/mol. The van der Waals surface area contributed by atoms with Crippen molar-refractivity contribution in [1.29, 1.82) is 0 Å². The van der Waals surface area contributed by atoms with Crippen LogP contribution in [0.3, 0.4) is 0 Å². The molecule has 1 unspecified atom stereocenters. The van der Waals surface area contributed by atoms with Crippen LogP contribution in [-0.2, 0) is 9.53 Å². The Labute approximate surface area is 149 Å². The van der Waals surface area contributed by atoms with Crippen LogP contribution in [0.2, 0.25) is 0 Å². The lowest BCUT2D eigenvalue weighted by Crippen LogP contribution is -2.30. The highest BCUT2D eigenvalue weighted by molar-refractivity contribution is 5.85. The van der Waals surface area contributed by atoms with Gasteiger partial charge in [-0.1, -0.05) is 89.5 Å². The molecule has 1 aliphatic rings. The normalized spacial score (nSPS) is 19.3. The standard InChI is InChI=1S/C22H36O2/c1-3-5-7-9-11-13-15-17-19-21-20(22(23)24-21)18-16-14-12-10-8-6-4-2/h15-20H,3-14H2,1-2H3. The van der Waals surface area contributed by atoms with E-state index in [9.17, 15) is 4.79 Å². The molecule has 136 valence electrons. The van der Waals surface area contributed by atoms with E-state index < -0.39 is 0 Å². The molecule has 0 aromatic heterocycles. The maximum absolute atomic E-state index is 11.5. The zero-order valence-corrected chi connectivity index (χ0v) is 15.8. The van der Waals surface area contributed by atoms with Crippen LogP contribution in [0, 0.1) is 5.92 Å². The molecular weight excluding hydrogens is 296 g/mol. The molecule has 0 aromatic rings. The van der Waals surface area contributed by atoms with Gasteiger partial charge in [0, 0.05) is 0 Å². The fraction of sp³-hybridized carbons (Fsp3) is 0.682. The third-order valence-electron chi connectivity index (χ3n) is 4.45. The number of ether oxygens (including phenoxy) is 1. The number of esters is 1. The first kappa shape index (κ1) is 20.7. The fourth-order valence-corrected chi connectivity index (χ4v) is 2.84. The number of rotatable bonds is 14. The number of unbranched alkanes of at least 4 members (excludes halogenated alkanes) is 10. The van der Waals surface area contributed by atoms with E-state index in [2.05, 4.69) is 26.0 Å². The molecule has 2 heteroatoms. The second-order valence-corrected chi connectivity index (χ2v) is 6.73. The van der Waals surface area contributed by atoms with Crippen molar-refractivity contribution < 1.29 is 9.53 Å². The number of carbonyl (C=O) groups excluding carboxylic acids is 1. The lowest BCUT2D eigenvalue weighted by molar-refractivity contribution is -0.154. The molecule has 0 saturated carbocycles. The summed E-state index contributed by atoms with van der Waals surface area (Å²) in [6, 6.07) is 0. The van der Waals surface area contributed by atoms with Gasteiger partial charge in [-0.2, -0.15) is 0 Å². The SMILES string of the molecule is CCCCCCCC=CC=C1OC(=O)C1C=CCCCCCCC. The summed E-state index contributed by atoms with van der Waals surface area (Å²) < 4.78 is 5.14. The van der Waals surface area contributed by atoms with Crippen molar-refractivity contribution in [3.8, 4) is 0 Å². The number of cyclic esters (lactones) is 1. The molecule has 0 spiro atoms. The Bertz CT molecular complexity index is 418. The van der Waals surface area contributed by atoms with Gasteiger partial charge in [0.15, 0.2) is 0 Å². The van der Waals surface area contributed by atoms with Gasteiger partial charge in [-0.25, -0.2) is 0 Å². The van der Waals surface area contributed by atoms with Gasteiger partial charge in [0.05, 0.1) is 0 Å². The maximum Gasteiger partial charge on any atom is 0.325 e. The smallest absolute Gasteiger partial charge is 0.325 e. The fourth-order valence-electron chi connectivity index (χ4n) is 2.84. The molecule has 0 aromatic carbocycles. The van der Waals surface area contributed by atoms with E-state index >= 15 is 0 Å². The van der Waals surface area contributed by atoms with E-state index in [-0.39, 0.29) is 11.9 Å². The van der Waals surface area contributed by atoms with Crippen LogP contribution >= 0.6 is 0 Å². The molecule has 0 amide bonds. The summed E-state index contributed by atoms with van der Waals surface area (Å²) in [6.07, 6.45) is 25.5. The van der Waals surface area contributed by atoms with Crippen molar-refractivity contribution in [3.05, 3.63) is 36.1 Å². The van der Waals surface area contributed by atoms with Gasteiger partial charge in [0.1, 0.15) is 11.7 Å². The van der Waals surface area contributed by atoms with E-state index in [4.69, 9.17) is 4.74 Å². The second-order valence-electron chi connectivity index (χ2n) is 6.73. The summed E-state index contributed by atoms with van der Waals surface area (Å²) in [7, 11) is 0. The predicted molar refractivity (Wildman–Crippen MR) is 103 cm³/mol. The third kappa shape index (κ3) is 9.10. The van der Waals surface area contributed by atoms with Gasteiger partial charge in [-0.3, -0.25) is 4.79 Å². The molecule has 1 fully saturated rings. The van der Waals surface area contributed by atoms with E-state index in [1.807, 2.05) is 18.2 Å². The highest BCUT2D eigenvalue weighted by atomic mass is 16.6. The van der Waals surface area contributed by atoms with Gasteiger partial charge in [-0.15, -0.1) is 0 Å². The number of allylic oxidation sites excluding steroid dienone is 4. The van der Waals surface area contributed by atoms with E-state index in [0.717, 1.165) is 18.6 Å². The largest absolute Gasteiger partial charge is 0.429 e. The molecule has 1 saturated heterocycles. The Balaban J connectivity index is 2.17. The molecule has 0 bridgehead atoms. The summed E-state index contributed by atoms with van der Waals surface area (Å²) in [6.45, 7) is 4.47. The average molecular weight is 333 g/mol. The van der Waals surface area contributed by atoms with E-state index in [0.29, 0.717) is 0 Å². The van der Waals surface area contributed by atoms with Crippen LogP contribution in [0.15, 0.2) is 36.1 Å². The van der Waals surface area contributed by atoms with Crippen molar-refractivity contribution in [2.45, 2.75) is 90.9 Å². The summed E-state index contributed by atoms with van der Waals surface area (Å²) in [4.78, 5) is 11.5. The van der Waals surface area contributed by atoms with E-state index in [1.54, 1.807) is 0 Å². The third-order valence-corrected chi connectivity index (χ3v) is 4.45. The summed E-state index contributed by atoms with van der Waals surface area (Å²) in [5.41, 5.74) is 0. The quantitative estimate of drug-likeness (QED) is 0.197. The van der Waals surface area contributed by atoms with Crippen LogP contribution in [0.25, 0.3) is 0 Å². The molecule has 1 aliphatic heterocycles. The molecule has 1 atom stereocenters. The van der Waals surface area contributed by atoms with Crippen LogP contribution in [0.1, 0.15) is 90.9 Å². The Kier molecular flexibility index (Phi) is 12.2. The summed E-state index contributed by atoms with van der Waals surface area (Å²) in [5, 5.41) is 0. The van der Waals surface area contributed by atoms with Crippen molar-refractivity contribution in [2.75, 3.05) is 0 Å². The molecule has 0 radical (unpaired) electrons. The Morgan fingerprint density at radius 1 is 0.833 bits per heavy atom. The first-order valence-corrected chi connectivity index (χ1v) is 10.0. The minimum absolute atomic E-state index is 0.114. The van der Waals surface area contributed by atoms with Crippen LogP contribution in [0.4, 0.5) is 0 Å². The zero-order valence-electron chi connectivity index (χ0n) is 15.8. The van der Waals surface area contributed by atoms with Crippen molar-refractivity contribution in [1.82, 2.24) is 0 Å². The topological polar surface area (TPSA) is 26.3 Å². The zero-order chi connectivity index (χ0) is 17.5. The second kappa shape index (κ2) is 14.1. The Morgan fingerprint density at radius 2 is 1.42 bits per heavy atom. The van der Waals surface area contributed by atoms with Gasteiger partial charge >= 0.3 is 5.97 Å². The predicted octanol–water partition coefficient (Wildman–Crippen LogP) is 6.88. The Morgan fingerprint density at radius 3 is 2.00 bits per heavy atom. The molecular formula is C22H36O2. The minimum Gasteiger partial charge on any atom is -0.429 e. The molecule has 1 heterocycles. The summed E-state index contributed by atoms with van der Waals surface area (Å²) >= 11 is 0. The molecule has 0 aliphatic carbocycles.